The van der Waals surface area contributed by atoms with Gasteiger partial charge in [-0.1, -0.05) is 0 Å². The number of nitrogens with zero attached hydrogens (tertiary/aromatic N) is 6. The number of nitrogens with one attached hydrogen (secondary N) is 1. The Labute approximate surface area is 169 Å². The highest BCUT2D eigenvalue weighted by Gasteiger charge is 2.19. The van der Waals surface area contributed by atoms with Crippen molar-refractivity contribution in [2.45, 2.75) is 13.0 Å². The summed E-state index contributed by atoms with van der Waals surface area (Å²) in [4.78, 5) is 40.0. The molecule has 2 amide bonds. The molecule has 0 fully saturated rings. The third-order valence-electron chi connectivity index (χ3n) is 3.46. The molecule has 0 radical (unpaired) electrons. The Kier molecular flexibility index (Phi) is 5.56. The molecule has 138 valence electrons. The fourth-order valence-corrected chi connectivity index (χ4v) is 3.37. The summed E-state index contributed by atoms with van der Waals surface area (Å²) in [6.45, 7) is 1.75. The van der Waals surface area contributed by atoms with Gasteiger partial charge in [0.1, 0.15) is 27.6 Å². The number of carbonyl (C=O) groups is 2. The summed E-state index contributed by atoms with van der Waals surface area (Å²) in [7, 11) is 0. The highest BCUT2D eigenvalue weighted by atomic mass is 79.9. The zero-order valence-corrected chi connectivity index (χ0v) is 17.0. The van der Waals surface area contributed by atoms with Crippen LogP contribution in [0.5, 0.6) is 0 Å². The lowest BCUT2D eigenvalue weighted by molar-refractivity contribution is 0.0936. The largest absolute Gasteiger partial charge is 0.364 e. The van der Waals surface area contributed by atoms with Gasteiger partial charge in [0.2, 0.25) is 0 Å². The quantitative estimate of drug-likeness (QED) is 0.511. The van der Waals surface area contributed by atoms with Crippen LogP contribution in [0.3, 0.4) is 0 Å². The van der Waals surface area contributed by atoms with Crippen molar-refractivity contribution in [3.05, 3.63) is 57.1 Å². The fourth-order valence-electron chi connectivity index (χ4n) is 2.26. The minimum Gasteiger partial charge on any atom is -0.364 e. The van der Waals surface area contributed by atoms with Gasteiger partial charge in [-0.15, -0.1) is 0 Å². The van der Waals surface area contributed by atoms with Gasteiger partial charge in [0.05, 0.1) is 6.04 Å². The second kappa shape index (κ2) is 7.88. The highest BCUT2D eigenvalue weighted by molar-refractivity contribution is 9.11. The summed E-state index contributed by atoms with van der Waals surface area (Å²) < 4.78 is 2.45. The Bertz CT molecular complexity index is 1000. The smallest absolute Gasteiger partial charge is 0.267 e. The van der Waals surface area contributed by atoms with Gasteiger partial charge in [-0.2, -0.15) is 9.78 Å². The number of carbonyl (C=O) groups excluding carboxylic acids is 2. The van der Waals surface area contributed by atoms with E-state index in [1.807, 2.05) is 0 Å². The van der Waals surface area contributed by atoms with E-state index in [2.05, 4.69) is 62.2 Å². The predicted octanol–water partition coefficient (Wildman–Crippen LogP) is 1.57. The van der Waals surface area contributed by atoms with E-state index in [-0.39, 0.29) is 11.6 Å². The number of amides is 2. The van der Waals surface area contributed by atoms with Crippen LogP contribution in [0.4, 0.5) is 0 Å². The van der Waals surface area contributed by atoms with E-state index in [4.69, 9.17) is 5.73 Å². The molecule has 0 aliphatic rings. The second-order valence-electron chi connectivity index (χ2n) is 5.35. The minimum atomic E-state index is -0.685. The molecule has 0 aliphatic carbocycles. The van der Waals surface area contributed by atoms with Crippen molar-refractivity contribution in [2.24, 2.45) is 5.73 Å². The van der Waals surface area contributed by atoms with Crippen LogP contribution in [0.2, 0.25) is 0 Å². The van der Waals surface area contributed by atoms with E-state index in [0.717, 1.165) is 0 Å². The fraction of sp³-hybridized carbons (Fsp3) is 0.133. The molecule has 0 aliphatic heterocycles. The van der Waals surface area contributed by atoms with Crippen molar-refractivity contribution >= 4 is 43.7 Å². The van der Waals surface area contributed by atoms with Crippen molar-refractivity contribution in [2.75, 3.05) is 0 Å². The van der Waals surface area contributed by atoms with Crippen LogP contribution < -0.4 is 11.1 Å². The van der Waals surface area contributed by atoms with E-state index < -0.39 is 11.9 Å². The molecule has 0 spiro atoms. The lowest BCUT2D eigenvalue weighted by Crippen LogP contribution is -2.29. The summed E-state index contributed by atoms with van der Waals surface area (Å²) in [6.07, 6.45) is 2.53. The van der Waals surface area contributed by atoms with Crippen LogP contribution in [0.1, 0.15) is 39.6 Å². The lowest BCUT2D eigenvalue weighted by Gasteiger charge is -2.14. The van der Waals surface area contributed by atoms with Gasteiger partial charge >= 0.3 is 0 Å². The zero-order valence-electron chi connectivity index (χ0n) is 13.8. The van der Waals surface area contributed by atoms with Gasteiger partial charge in [-0.3, -0.25) is 9.59 Å². The molecule has 3 aromatic rings. The first kappa shape index (κ1) is 19.0. The first-order valence-electron chi connectivity index (χ1n) is 7.51. The van der Waals surface area contributed by atoms with Crippen LogP contribution >= 0.6 is 31.9 Å². The Hall–Kier alpha value is -2.73. The average Bonchev–Trinajstić information content (AvgIpc) is 3.10. The number of rotatable bonds is 5. The molecule has 10 nitrogen and oxygen atoms in total. The average molecular weight is 496 g/mol. The predicted molar refractivity (Wildman–Crippen MR) is 101 cm³/mol. The SMILES string of the molecule is C[C@H](NC(=O)c1cc(Br)nc(Br)c1)c1ncnn1-c1cc(C(N)=O)ncn1. The number of pyridine rings is 1. The van der Waals surface area contributed by atoms with Crippen LogP contribution in [0, 0.1) is 0 Å². The second-order valence-corrected chi connectivity index (χ2v) is 6.98. The van der Waals surface area contributed by atoms with Gasteiger partial charge < -0.3 is 11.1 Å². The number of hydrogen-bond acceptors (Lipinski definition) is 7. The molecule has 0 aromatic carbocycles. The maximum atomic E-state index is 12.5. The normalized spacial score (nSPS) is 11.8. The molecule has 3 heterocycles. The van der Waals surface area contributed by atoms with E-state index >= 15 is 0 Å². The van der Waals surface area contributed by atoms with Crippen LogP contribution in [-0.4, -0.2) is 41.5 Å². The zero-order chi connectivity index (χ0) is 19.6. The Morgan fingerprint density at radius 1 is 1.11 bits per heavy atom. The monoisotopic (exact) mass is 494 g/mol. The van der Waals surface area contributed by atoms with Crippen LogP contribution in [0.25, 0.3) is 5.82 Å². The molecule has 3 aromatic heterocycles. The molecule has 12 heteroatoms. The molecule has 0 bridgehead atoms. The van der Waals surface area contributed by atoms with Crippen molar-refractivity contribution < 1.29 is 9.59 Å². The summed E-state index contributed by atoms with van der Waals surface area (Å²) in [5, 5.41) is 6.94. The molecule has 0 saturated carbocycles. The van der Waals surface area contributed by atoms with E-state index in [1.54, 1.807) is 19.1 Å². The molecule has 0 saturated heterocycles. The lowest BCUT2D eigenvalue weighted by atomic mass is 10.2. The number of primary amides is 1. The summed E-state index contributed by atoms with van der Waals surface area (Å²) in [5.74, 6) is -0.275. The van der Waals surface area contributed by atoms with Crippen molar-refractivity contribution in [1.82, 2.24) is 35.0 Å². The first-order valence-corrected chi connectivity index (χ1v) is 9.10. The highest BCUT2D eigenvalue weighted by Crippen LogP contribution is 2.18. The summed E-state index contributed by atoms with van der Waals surface area (Å²) >= 11 is 6.49. The molecule has 27 heavy (non-hydrogen) atoms. The van der Waals surface area contributed by atoms with Crippen molar-refractivity contribution in [3.63, 3.8) is 0 Å². The summed E-state index contributed by atoms with van der Waals surface area (Å²) in [5.41, 5.74) is 5.71. The van der Waals surface area contributed by atoms with Gasteiger partial charge in [0, 0.05) is 11.6 Å². The number of hydrogen-bond donors (Lipinski definition) is 2. The summed E-state index contributed by atoms with van der Waals surface area (Å²) in [6, 6.07) is 4.09. The van der Waals surface area contributed by atoms with Gasteiger partial charge in [-0.05, 0) is 50.9 Å². The molecule has 3 rings (SSSR count). The van der Waals surface area contributed by atoms with Crippen LogP contribution in [0.15, 0.2) is 40.1 Å². The molecule has 0 unspecified atom stereocenters. The molecular formula is C15H12Br2N8O2. The van der Waals surface area contributed by atoms with E-state index in [0.29, 0.717) is 26.4 Å². The maximum absolute atomic E-state index is 12.5. The number of halogens is 2. The minimum absolute atomic E-state index is 0.0459. The third kappa shape index (κ3) is 4.34. The maximum Gasteiger partial charge on any atom is 0.267 e. The van der Waals surface area contributed by atoms with Crippen LogP contribution in [-0.2, 0) is 0 Å². The first-order chi connectivity index (χ1) is 12.8. The topological polar surface area (TPSA) is 142 Å². The van der Waals surface area contributed by atoms with Gasteiger partial charge in [0.25, 0.3) is 11.8 Å². The number of aromatic nitrogens is 6. The Morgan fingerprint density at radius 2 is 1.81 bits per heavy atom. The molecular weight excluding hydrogens is 484 g/mol. The van der Waals surface area contributed by atoms with Gasteiger partial charge in [0.15, 0.2) is 11.6 Å². The Morgan fingerprint density at radius 3 is 2.48 bits per heavy atom. The standard InChI is InChI=1S/C15H12Br2N8O2/c1-7(23-15(27)8-2-10(16)24-11(17)3-8)14-21-6-22-25(14)12-4-9(13(18)26)19-5-20-12/h2-7H,1H3,(H2,18,26)(H,23,27)/t7-/m0/s1. The Balaban J connectivity index is 1.85. The van der Waals surface area contributed by atoms with Gasteiger partial charge in [-0.25, -0.2) is 19.9 Å². The van der Waals surface area contributed by atoms with Crippen molar-refractivity contribution in [3.8, 4) is 5.82 Å². The molecule has 1 atom stereocenters. The van der Waals surface area contributed by atoms with E-state index in [9.17, 15) is 9.59 Å². The third-order valence-corrected chi connectivity index (χ3v) is 4.27. The molecule has 3 N–H and O–H groups in total. The number of nitrogens with two attached hydrogens (primary N) is 1. The van der Waals surface area contributed by atoms with Crippen molar-refractivity contribution in [1.29, 1.82) is 0 Å². The van der Waals surface area contributed by atoms with E-state index in [1.165, 1.54) is 23.4 Å².